The van der Waals surface area contributed by atoms with Gasteiger partial charge in [0.2, 0.25) is 5.75 Å². The molecular formula is C12H16O5. The van der Waals surface area contributed by atoms with Gasteiger partial charge in [0.15, 0.2) is 17.8 Å². The molecule has 1 rings (SSSR count). The van der Waals surface area contributed by atoms with Crippen LogP contribution in [0.25, 0.3) is 0 Å². The van der Waals surface area contributed by atoms with Crippen molar-refractivity contribution in [2.75, 3.05) is 28.4 Å². The van der Waals surface area contributed by atoms with E-state index in [-0.39, 0.29) is 0 Å². The Labute approximate surface area is 100 Å². The Bertz CT molecular complexity index is 363. The van der Waals surface area contributed by atoms with E-state index >= 15 is 0 Å². The van der Waals surface area contributed by atoms with Crippen molar-refractivity contribution in [3.05, 3.63) is 17.7 Å². The number of methoxy groups -OCH3 is 4. The highest BCUT2D eigenvalue weighted by molar-refractivity contribution is 5.64. The molecule has 0 saturated heterocycles. The van der Waals surface area contributed by atoms with Gasteiger partial charge in [-0.1, -0.05) is 0 Å². The molecule has 0 aliphatic heterocycles. The normalized spacial score (nSPS) is 11.8. The first-order valence-electron chi connectivity index (χ1n) is 4.99. The monoisotopic (exact) mass is 240 g/mol. The number of hydrogen-bond acceptors (Lipinski definition) is 5. The van der Waals surface area contributed by atoms with Gasteiger partial charge in [0, 0.05) is 7.11 Å². The van der Waals surface area contributed by atoms with Crippen molar-refractivity contribution < 1.29 is 23.7 Å². The summed E-state index contributed by atoms with van der Waals surface area (Å²) in [6, 6.07) is 3.37. The van der Waals surface area contributed by atoms with Crippen molar-refractivity contribution in [1.82, 2.24) is 0 Å². The van der Waals surface area contributed by atoms with Gasteiger partial charge in [-0.2, -0.15) is 0 Å². The third kappa shape index (κ3) is 2.68. The standard InChI is InChI=1S/C12H16O5/c1-14-9-5-8(11(7-13)16-3)6-10(15-2)12(9)17-4/h5-7,11H,1-4H3. The first-order valence-corrected chi connectivity index (χ1v) is 4.99. The van der Waals surface area contributed by atoms with Crippen LogP contribution in [0, 0.1) is 0 Å². The average molecular weight is 240 g/mol. The lowest BCUT2D eigenvalue weighted by Crippen LogP contribution is -2.04. The summed E-state index contributed by atoms with van der Waals surface area (Å²) in [6.07, 6.45) is 0.0597. The summed E-state index contributed by atoms with van der Waals surface area (Å²) in [5.74, 6) is 1.47. The van der Waals surface area contributed by atoms with E-state index in [1.807, 2.05) is 0 Å². The minimum atomic E-state index is -0.649. The van der Waals surface area contributed by atoms with Gasteiger partial charge >= 0.3 is 0 Å². The Morgan fingerprint density at radius 1 is 1.00 bits per heavy atom. The molecule has 0 heterocycles. The lowest BCUT2D eigenvalue weighted by Gasteiger charge is -2.16. The Morgan fingerprint density at radius 2 is 1.53 bits per heavy atom. The van der Waals surface area contributed by atoms with E-state index in [0.29, 0.717) is 29.1 Å². The Morgan fingerprint density at radius 3 is 1.82 bits per heavy atom. The highest BCUT2D eigenvalue weighted by Gasteiger charge is 2.17. The first-order chi connectivity index (χ1) is 8.21. The molecule has 0 N–H and O–H groups in total. The van der Waals surface area contributed by atoms with Gasteiger partial charge in [0.25, 0.3) is 0 Å². The van der Waals surface area contributed by atoms with Crippen molar-refractivity contribution in [1.29, 1.82) is 0 Å². The lowest BCUT2D eigenvalue weighted by molar-refractivity contribution is -0.116. The van der Waals surface area contributed by atoms with E-state index in [1.165, 1.54) is 28.4 Å². The molecule has 0 saturated carbocycles. The van der Waals surface area contributed by atoms with E-state index in [0.717, 1.165) is 0 Å². The third-order valence-corrected chi connectivity index (χ3v) is 2.39. The summed E-state index contributed by atoms with van der Waals surface area (Å²) in [4.78, 5) is 10.9. The highest BCUT2D eigenvalue weighted by atomic mass is 16.5. The molecule has 1 atom stereocenters. The van der Waals surface area contributed by atoms with Crippen LogP contribution in [-0.2, 0) is 9.53 Å². The van der Waals surface area contributed by atoms with Crippen LogP contribution >= 0.6 is 0 Å². The van der Waals surface area contributed by atoms with Crippen LogP contribution in [0.3, 0.4) is 0 Å². The molecular weight excluding hydrogens is 224 g/mol. The molecule has 0 bridgehead atoms. The van der Waals surface area contributed by atoms with E-state index in [4.69, 9.17) is 18.9 Å². The molecule has 5 nitrogen and oxygen atoms in total. The second kappa shape index (κ2) is 6.10. The van der Waals surface area contributed by atoms with Gasteiger partial charge in [0.1, 0.15) is 6.10 Å². The van der Waals surface area contributed by atoms with Crippen molar-refractivity contribution in [2.45, 2.75) is 6.10 Å². The number of rotatable bonds is 6. The molecule has 0 amide bonds. The minimum Gasteiger partial charge on any atom is -0.493 e. The number of aldehydes is 1. The zero-order valence-corrected chi connectivity index (χ0v) is 10.4. The van der Waals surface area contributed by atoms with Gasteiger partial charge < -0.3 is 23.7 Å². The summed E-state index contributed by atoms with van der Waals surface area (Å²) in [5, 5.41) is 0. The molecule has 1 aromatic rings. The molecule has 0 spiro atoms. The molecule has 0 aliphatic rings. The molecule has 0 fully saturated rings. The SMILES string of the molecule is COc1cc(C(C=O)OC)cc(OC)c1OC. The molecule has 0 aromatic heterocycles. The van der Waals surface area contributed by atoms with Gasteiger partial charge in [-0.15, -0.1) is 0 Å². The molecule has 94 valence electrons. The molecule has 0 aliphatic carbocycles. The van der Waals surface area contributed by atoms with Crippen molar-refractivity contribution in [3.8, 4) is 17.2 Å². The fraction of sp³-hybridized carbons (Fsp3) is 0.417. The average Bonchev–Trinajstić information content (AvgIpc) is 2.38. The summed E-state index contributed by atoms with van der Waals surface area (Å²) in [5.41, 5.74) is 0.650. The van der Waals surface area contributed by atoms with Gasteiger partial charge in [-0.05, 0) is 17.7 Å². The Kier molecular flexibility index (Phi) is 4.78. The van der Waals surface area contributed by atoms with E-state index in [1.54, 1.807) is 12.1 Å². The van der Waals surface area contributed by atoms with Crippen molar-refractivity contribution in [3.63, 3.8) is 0 Å². The fourth-order valence-corrected chi connectivity index (χ4v) is 1.54. The Balaban J connectivity index is 3.30. The second-order valence-corrected chi connectivity index (χ2v) is 3.25. The lowest BCUT2D eigenvalue weighted by atomic mass is 10.1. The maximum Gasteiger partial charge on any atom is 0.203 e. The van der Waals surface area contributed by atoms with Crippen LogP contribution in [0.15, 0.2) is 12.1 Å². The number of ether oxygens (including phenoxy) is 4. The number of carbonyl (C=O) groups excluding carboxylic acids is 1. The van der Waals surface area contributed by atoms with E-state index < -0.39 is 6.10 Å². The van der Waals surface area contributed by atoms with Crippen molar-refractivity contribution in [2.24, 2.45) is 0 Å². The summed E-state index contributed by atoms with van der Waals surface area (Å²) in [6.45, 7) is 0. The zero-order valence-electron chi connectivity index (χ0n) is 10.4. The van der Waals surface area contributed by atoms with Crippen LogP contribution in [-0.4, -0.2) is 34.7 Å². The summed E-state index contributed by atoms with van der Waals surface area (Å²) >= 11 is 0. The maximum absolute atomic E-state index is 10.9. The molecule has 1 aromatic carbocycles. The quantitative estimate of drug-likeness (QED) is 0.707. The predicted octanol–water partition coefficient (Wildman–Crippen LogP) is 1.60. The second-order valence-electron chi connectivity index (χ2n) is 3.25. The maximum atomic E-state index is 10.9. The van der Waals surface area contributed by atoms with Crippen LogP contribution in [0.1, 0.15) is 11.7 Å². The zero-order chi connectivity index (χ0) is 12.8. The smallest absolute Gasteiger partial charge is 0.203 e. The summed E-state index contributed by atoms with van der Waals surface area (Å²) < 4.78 is 20.6. The van der Waals surface area contributed by atoms with Gasteiger partial charge in [-0.25, -0.2) is 0 Å². The van der Waals surface area contributed by atoms with Crippen LogP contribution < -0.4 is 14.2 Å². The van der Waals surface area contributed by atoms with Crippen LogP contribution in [0.4, 0.5) is 0 Å². The number of carbonyl (C=O) groups is 1. The highest BCUT2D eigenvalue weighted by Crippen LogP contribution is 2.39. The van der Waals surface area contributed by atoms with E-state index in [2.05, 4.69) is 0 Å². The van der Waals surface area contributed by atoms with Crippen LogP contribution in [0.5, 0.6) is 17.2 Å². The molecule has 17 heavy (non-hydrogen) atoms. The van der Waals surface area contributed by atoms with Gasteiger partial charge in [-0.3, -0.25) is 0 Å². The molecule has 5 heteroatoms. The Hall–Kier alpha value is -1.75. The number of benzene rings is 1. The van der Waals surface area contributed by atoms with Crippen LogP contribution in [0.2, 0.25) is 0 Å². The van der Waals surface area contributed by atoms with Gasteiger partial charge in [0.05, 0.1) is 21.3 Å². The van der Waals surface area contributed by atoms with E-state index in [9.17, 15) is 4.79 Å². The predicted molar refractivity (Wildman–Crippen MR) is 61.9 cm³/mol. The topological polar surface area (TPSA) is 54.0 Å². The molecule has 0 radical (unpaired) electrons. The largest absolute Gasteiger partial charge is 0.493 e. The molecule has 1 unspecified atom stereocenters. The fourth-order valence-electron chi connectivity index (χ4n) is 1.54. The third-order valence-electron chi connectivity index (χ3n) is 2.39. The first kappa shape index (κ1) is 13.3. The number of hydrogen-bond donors (Lipinski definition) is 0. The summed E-state index contributed by atoms with van der Waals surface area (Å²) in [7, 11) is 6.02. The van der Waals surface area contributed by atoms with Crippen molar-refractivity contribution >= 4 is 6.29 Å². The minimum absolute atomic E-state index is 0.486.